The average Bonchev–Trinajstić information content (AvgIpc) is 2.77. The van der Waals surface area contributed by atoms with E-state index in [0.717, 1.165) is 42.3 Å². The summed E-state index contributed by atoms with van der Waals surface area (Å²) in [6.07, 6.45) is 0.865. The lowest BCUT2D eigenvalue weighted by atomic mass is 10.1. The summed E-state index contributed by atoms with van der Waals surface area (Å²) in [4.78, 5) is 16.2. The molecule has 1 amide bonds. The molecule has 0 heterocycles. The van der Waals surface area contributed by atoms with Gasteiger partial charge in [-0.25, -0.2) is 4.99 Å². The van der Waals surface area contributed by atoms with Gasteiger partial charge in [-0.15, -0.1) is 0 Å². The molecule has 0 spiro atoms. The predicted molar refractivity (Wildman–Crippen MR) is 125 cm³/mol. The molecule has 168 valence electrons. The summed E-state index contributed by atoms with van der Waals surface area (Å²) in [5, 5.41) is 9.36. The zero-order valence-electron chi connectivity index (χ0n) is 19.0. The SMILES string of the molecule is CCNC(=O)COc1cccc(CN=C(NCC)NCCc2ccc(C)c(OC)c2)c1. The molecule has 0 fully saturated rings. The van der Waals surface area contributed by atoms with Crippen LogP contribution in [0.4, 0.5) is 0 Å². The van der Waals surface area contributed by atoms with Gasteiger partial charge in [-0.1, -0.05) is 24.3 Å². The third-order valence-corrected chi connectivity index (χ3v) is 4.58. The number of amides is 1. The molecule has 31 heavy (non-hydrogen) atoms. The average molecular weight is 427 g/mol. The number of guanidine groups is 1. The first-order chi connectivity index (χ1) is 15.0. The van der Waals surface area contributed by atoms with E-state index in [1.165, 1.54) is 5.56 Å². The lowest BCUT2D eigenvalue weighted by Gasteiger charge is -2.12. The van der Waals surface area contributed by atoms with Crippen LogP contribution in [0.15, 0.2) is 47.5 Å². The molecule has 0 aliphatic rings. The van der Waals surface area contributed by atoms with Gasteiger partial charge in [-0.3, -0.25) is 4.79 Å². The summed E-state index contributed by atoms with van der Waals surface area (Å²) in [5.74, 6) is 2.20. The maximum Gasteiger partial charge on any atom is 0.257 e. The molecular weight excluding hydrogens is 392 g/mol. The van der Waals surface area contributed by atoms with E-state index < -0.39 is 0 Å². The van der Waals surface area contributed by atoms with E-state index in [9.17, 15) is 4.79 Å². The van der Waals surface area contributed by atoms with Gasteiger partial charge in [0.2, 0.25) is 0 Å². The normalized spacial score (nSPS) is 11.0. The number of carbonyl (C=O) groups is 1. The molecule has 0 atom stereocenters. The van der Waals surface area contributed by atoms with Crippen molar-refractivity contribution in [2.24, 2.45) is 4.99 Å². The van der Waals surface area contributed by atoms with Gasteiger partial charge in [0.15, 0.2) is 12.6 Å². The Morgan fingerprint density at radius 2 is 1.81 bits per heavy atom. The van der Waals surface area contributed by atoms with E-state index in [-0.39, 0.29) is 12.5 Å². The van der Waals surface area contributed by atoms with E-state index in [1.54, 1.807) is 7.11 Å². The van der Waals surface area contributed by atoms with E-state index >= 15 is 0 Å². The third kappa shape index (κ3) is 8.58. The highest BCUT2D eigenvalue weighted by atomic mass is 16.5. The highest BCUT2D eigenvalue weighted by Crippen LogP contribution is 2.19. The zero-order chi connectivity index (χ0) is 22.5. The van der Waals surface area contributed by atoms with Gasteiger partial charge in [-0.05, 0) is 62.1 Å². The van der Waals surface area contributed by atoms with Crippen LogP contribution < -0.4 is 25.4 Å². The molecule has 0 radical (unpaired) electrons. The van der Waals surface area contributed by atoms with Crippen LogP contribution in [0.25, 0.3) is 0 Å². The van der Waals surface area contributed by atoms with Gasteiger partial charge in [0.05, 0.1) is 13.7 Å². The van der Waals surface area contributed by atoms with Crippen molar-refractivity contribution < 1.29 is 14.3 Å². The lowest BCUT2D eigenvalue weighted by molar-refractivity contribution is -0.122. The van der Waals surface area contributed by atoms with E-state index in [1.807, 2.05) is 45.0 Å². The molecule has 0 aromatic heterocycles. The topological polar surface area (TPSA) is 84.0 Å². The summed E-state index contributed by atoms with van der Waals surface area (Å²) >= 11 is 0. The number of hydrogen-bond donors (Lipinski definition) is 3. The first kappa shape index (κ1) is 24.1. The minimum absolute atomic E-state index is 0.00849. The van der Waals surface area contributed by atoms with Crippen molar-refractivity contribution in [2.45, 2.75) is 33.7 Å². The number of aliphatic imine (C=N–C) groups is 1. The Morgan fingerprint density at radius 1 is 1.00 bits per heavy atom. The van der Waals surface area contributed by atoms with Crippen LogP contribution in [0.3, 0.4) is 0 Å². The minimum Gasteiger partial charge on any atom is -0.496 e. The second-order valence-electron chi connectivity index (χ2n) is 7.07. The Labute approximate surface area is 185 Å². The quantitative estimate of drug-likeness (QED) is 0.380. The number of carbonyl (C=O) groups excluding carboxylic acids is 1. The molecule has 0 bridgehead atoms. The van der Waals surface area contributed by atoms with Gasteiger partial charge < -0.3 is 25.4 Å². The van der Waals surface area contributed by atoms with Crippen molar-refractivity contribution in [2.75, 3.05) is 33.4 Å². The monoisotopic (exact) mass is 426 g/mol. The second-order valence-corrected chi connectivity index (χ2v) is 7.07. The summed E-state index contributed by atoms with van der Waals surface area (Å²) in [6.45, 7) is 8.60. The first-order valence-electron chi connectivity index (χ1n) is 10.7. The Balaban J connectivity index is 1.90. The van der Waals surface area contributed by atoms with Crippen molar-refractivity contribution in [3.8, 4) is 11.5 Å². The molecule has 2 aromatic rings. The number of ether oxygens (including phenoxy) is 2. The van der Waals surface area contributed by atoms with Crippen LogP contribution in [-0.2, 0) is 17.8 Å². The molecular formula is C24H34N4O3. The number of methoxy groups -OCH3 is 1. The molecule has 7 nitrogen and oxygen atoms in total. The summed E-state index contributed by atoms with van der Waals surface area (Å²) in [5.41, 5.74) is 3.35. The van der Waals surface area contributed by atoms with Gasteiger partial charge in [-0.2, -0.15) is 0 Å². The summed E-state index contributed by atoms with van der Waals surface area (Å²) in [6, 6.07) is 13.9. The fourth-order valence-electron chi connectivity index (χ4n) is 2.99. The highest BCUT2D eigenvalue weighted by molar-refractivity contribution is 5.79. The Kier molecular flexibility index (Phi) is 10.2. The van der Waals surface area contributed by atoms with Gasteiger partial charge in [0.1, 0.15) is 11.5 Å². The summed E-state index contributed by atoms with van der Waals surface area (Å²) in [7, 11) is 1.69. The fraction of sp³-hybridized carbons (Fsp3) is 0.417. The molecule has 0 saturated heterocycles. The van der Waals surface area contributed by atoms with Gasteiger partial charge in [0.25, 0.3) is 5.91 Å². The number of benzene rings is 2. The van der Waals surface area contributed by atoms with Crippen molar-refractivity contribution in [3.63, 3.8) is 0 Å². The molecule has 2 rings (SSSR count). The van der Waals surface area contributed by atoms with Crippen LogP contribution in [0.2, 0.25) is 0 Å². The minimum atomic E-state index is -0.129. The molecule has 0 saturated carbocycles. The Morgan fingerprint density at radius 3 is 2.55 bits per heavy atom. The largest absolute Gasteiger partial charge is 0.496 e. The van der Waals surface area contributed by atoms with E-state index in [2.05, 4.69) is 39.1 Å². The maximum atomic E-state index is 11.6. The van der Waals surface area contributed by atoms with E-state index in [0.29, 0.717) is 18.8 Å². The number of likely N-dealkylation sites (N-methyl/N-ethyl adjacent to an activating group) is 1. The molecule has 0 aliphatic carbocycles. The van der Waals surface area contributed by atoms with Crippen molar-refractivity contribution in [1.82, 2.24) is 16.0 Å². The number of nitrogens with zero attached hydrogens (tertiary/aromatic N) is 1. The van der Waals surface area contributed by atoms with Crippen LogP contribution in [0.5, 0.6) is 11.5 Å². The molecule has 7 heteroatoms. The lowest BCUT2D eigenvalue weighted by Crippen LogP contribution is -2.38. The number of hydrogen-bond acceptors (Lipinski definition) is 4. The van der Waals surface area contributed by atoms with Crippen LogP contribution in [0, 0.1) is 6.92 Å². The highest BCUT2D eigenvalue weighted by Gasteiger charge is 2.04. The number of rotatable bonds is 11. The first-order valence-corrected chi connectivity index (χ1v) is 10.7. The Bertz CT molecular complexity index is 868. The molecule has 2 aromatic carbocycles. The second kappa shape index (κ2) is 13.2. The summed E-state index contributed by atoms with van der Waals surface area (Å²) < 4.78 is 11.0. The smallest absolute Gasteiger partial charge is 0.257 e. The maximum absolute atomic E-state index is 11.6. The van der Waals surface area contributed by atoms with Crippen LogP contribution in [-0.4, -0.2) is 45.2 Å². The molecule has 0 aliphatic heterocycles. The fourth-order valence-corrected chi connectivity index (χ4v) is 2.99. The Hall–Kier alpha value is -3.22. The molecule has 3 N–H and O–H groups in total. The zero-order valence-corrected chi connectivity index (χ0v) is 19.0. The van der Waals surface area contributed by atoms with Crippen molar-refractivity contribution >= 4 is 11.9 Å². The van der Waals surface area contributed by atoms with Crippen molar-refractivity contribution in [3.05, 3.63) is 59.2 Å². The standard InChI is InChI=1S/C24H34N4O3/c1-5-25-23(29)17-31-21-9-7-8-20(14-21)16-28-24(26-6-2)27-13-12-19-11-10-18(3)22(15-19)30-4/h7-11,14-15H,5-6,12-13,16-17H2,1-4H3,(H,25,29)(H2,26,27,28). The third-order valence-electron chi connectivity index (χ3n) is 4.58. The van der Waals surface area contributed by atoms with Crippen LogP contribution >= 0.6 is 0 Å². The molecule has 0 unspecified atom stereocenters. The van der Waals surface area contributed by atoms with Gasteiger partial charge >= 0.3 is 0 Å². The predicted octanol–water partition coefficient (Wildman–Crippen LogP) is 2.82. The van der Waals surface area contributed by atoms with E-state index in [4.69, 9.17) is 9.47 Å². The number of aryl methyl sites for hydroxylation is 1. The van der Waals surface area contributed by atoms with Crippen molar-refractivity contribution in [1.29, 1.82) is 0 Å². The van der Waals surface area contributed by atoms with Gasteiger partial charge in [0, 0.05) is 19.6 Å². The number of nitrogens with one attached hydrogen (secondary N) is 3. The van der Waals surface area contributed by atoms with Crippen LogP contribution in [0.1, 0.15) is 30.5 Å².